The molecule has 0 fully saturated rings. The largest absolute Gasteiger partial charge is 0.507 e. The van der Waals surface area contributed by atoms with Gasteiger partial charge in [-0.2, -0.15) is 0 Å². The maximum Gasteiger partial charge on any atom is 0.157 e. The third-order valence-corrected chi connectivity index (χ3v) is 2.53. The smallest absolute Gasteiger partial charge is 0.157 e. The lowest BCUT2D eigenvalue weighted by molar-refractivity contribution is 0.471. The second kappa shape index (κ2) is 4.41. The monoisotopic (exact) mass is 235 g/mol. The van der Waals surface area contributed by atoms with Gasteiger partial charge in [0.25, 0.3) is 0 Å². The molecule has 2 nitrogen and oxygen atoms in total. The van der Waals surface area contributed by atoms with Gasteiger partial charge >= 0.3 is 0 Å². The Balaban J connectivity index is 2.71. The Morgan fingerprint density at radius 2 is 1.76 bits per heavy atom. The summed E-state index contributed by atoms with van der Waals surface area (Å²) in [4.78, 5) is 0. The zero-order valence-electron chi connectivity index (χ0n) is 9.17. The van der Waals surface area contributed by atoms with Crippen LogP contribution in [0.15, 0.2) is 36.4 Å². The van der Waals surface area contributed by atoms with Gasteiger partial charge in [-0.25, -0.2) is 8.78 Å². The number of phenolic OH excluding ortho intramolecular Hbond substituents is 1. The number of rotatable bonds is 2. The standard InChI is InChI=1S/C13H11F2NO/c1-16-10-6-7-11(17)12(13(10)15)8-4-2-3-5-9(8)14/h2-7,16-17H,1H3. The Hall–Kier alpha value is -2.10. The lowest BCUT2D eigenvalue weighted by Gasteiger charge is -2.10. The normalized spacial score (nSPS) is 10.3. The van der Waals surface area contributed by atoms with Crippen LogP contribution in [0.4, 0.5) is 14.5 Å². The molecule has 2 aromatic carbocycles. The van der Waals surface area contributed by atoms with Crippen molar-refractivity contribution in [2.45, 2.75) is 0 Å². The molecule has 0 aliphatic rings. The summed E-state index contributed by atoms with van der Waals surface area (Å²) >= 11 is 0. The van der Waals surface area contributed by atoms with E-state index in [4.69, 9.17) is 0 Å². The highest BCUT2D eigenvalue weighted by Crippen LogP contribution is 2.36. The van der Waals surface area contributed by atoms with Crippen LogP contribution in [0.25, 0.3) is 11.1 Å². The van der Waals surface area contributed by atoms with E-state index in [2.05, 4.69) is 5.32 Å². The van der Waals surface area contributed by atoms with E-state index in [0.717, 1.165) is 0 Å². The zero-order valence-corrected chi connectivity index (χ0v) is 9.17. The Morgan fingerprint density at radius 1 is 1.06 bits per heavy atom. The molecule has 2 N–H and O–H groups in total. The van der Waals surface area contributed by atoms with Gasteiger partial charge in [0.2, 0.25) is 0 Å². The minimum Gasteiger partial charge on any atom is -0.507 e. The summed E-state index contributed by atoms with van der Waals surface area (Å²) in [5.41, 5.74) is 0.121. The lowest BCUT2D eigenvalue weighted by atomic mass is 10.0. The Kier molecular flexibility index (Phi) is 2.95. The van der Waals surface area contributed by atoms with Crippen LogP contribution in [-0.2, 0) is 0 Å². The predicted octanol–water partition coefficient (Wildman–Crippen LogP) is 3.38. The first kappa shape index (κ1) is 11.4. The van der Waals surface area contributed by atoms with Crippen LogP contribution >= 0.6 is 0 Å². The van der Waals surface area contributed by atoms with E-state index in [0.29, 0.717) is 0 Å². The van der Waals surface area contributed by atoms with Gasteiger partial charge < -0.3 is 10.4 Å². The second-order valence-corrected chi connectivity index (χ2v) is 3.55. The average Bonchev–Trinajstić information content (AvgIpc) is 2.32. The minimum absolute atomic E-state index is 0.0413. The van der Waals surface area contributed by atoms with Gasteiger partial charge in [-0.1, -0.05) is 18.2 Å². The average molecular weight is 235 g/mol. The Labute approximate surface area is 97.5 Å². The molecule has 17 heavy (non-hydrogen) atoms. The van der Waals surface area contributed by atoms with Gasteiger partial charge in [-0.05, 0) is 18.2 Å². The first-order chi connectivity index (χ1) is 8.15. The molecule has 0 aromatic heterocycles. The van der Waals surface area contributed by atoms with Crippen LogP contribution in [0.2, 0.25) is 0 Å². The summed E-state index contributed by atoms with van der Waals surface area (Å²) in [6, 6.07) is 8.47. The maximum absolute atomic E-state index is 14.0. The molecular formula is C13H11F2NO. The summed E-state index contributed by atoms with van der Waals surface area (Å²) in [5.74, 6) is -1.53. The van der Waals surface area contributed by atoms with Crippen LogP contribution in [0, 0.1) is 11.6 Å². The van der Waals surface area contributed by atoms with E-state index in [-0.39, 0.29) is 22.6 Å². The van der Waals surface area contributed by atoms with Crippen LogP contribution in [-0.4, -0.2) is 12.2 Å². The summed E-state index contributed by atoms with van der Waals surface area (Å²) in [6.45, 7) is 0. The number of hydrogen-bond acceptors (Lipinski definition) is 2. The van der Waals surface area contributed by atoms with E-state index in [1.807, 2.05) is 0 Å². The lowest BCUT2D eigenvalue weighted by Crippen LogP contribution is -1.96. The van der Waals surface area contributed by atoms with Crippen molar-refractivity contribution in [1.82, 2.24) is 0 Å². The Bertz CT molecular complexity index is 555. The molecule has 0 saturated carbocycles. The first-order valence-corrected chi connectivity index (χ1v) is 5.09. The van der Waals surface area contributed by atoms with Crippen LogP contribution in [0.1, 0.15) is 0 Å². The fourth-order valence-corrected chi connectivity index (χ4v) is 1.68. The number of halogens is 2. The number of phenols is 1. The van der Waals surface area contributed by atoms with Crippen molar-refractivity contribution >= 4 is 5.69 Å². The number of anilines is 1. The number of nitrogens with one attached hydrogen (secondary N) is 1. The van der Waals surface area contributed by atoms with Crippen molar-refractivity contribution in [3.63, 3.8) is 0 Å². The maximum atomic E-state index is 14.0. The number of hydrogen-bond donors (Lipinski definition) is 2. The van der Waals surface area contributed by atoms with Crippen molar-refractivity contribution in [2.75, 3.05) is 12.4 Å². The topological polar surface area (TPSA) is 32.3 Å². The number of aromatic hydroxyl groups is 1. The minimum atomic E-state index is -0.669. The summed E-state index contributed by atoms with van der Waals surface area (Å²) in [7, 11) is 1.56. The Morgan fingerprint density at radius 3 is 2.41 bits per heavy atom. The SMILES string of the molecule is CNc1ccc(O)c(-c2ccccc2F)c1F. The molecule has 0 aliphatic heterocycles. The molecule has 2 aromatic rings. The summed E-state index contributed by atoms with van der Waals surface area (Å²) < 4.78 is 27.6. The van der Waals surface area contributed by atoms with Crippen LogP contribution in [0.5, 0.6) is 5.75 Å². The first-order valence-electron chi connectivity index (χ1n) is 5.09. The van der Waals surface area contributed by atoms with Gasteiger partial charge in [0, 0.05) is 12.6 Å². The molecule has 0 heterocycles. The summed E-state index contributed by atoms with van der Waals surface area (Å²) in [5, 5.41) is 12.3. The molecule has 88 valence electrons. The highest BCUT2D eigenvalue weighted by molar-refractivity contribution is 5.75. The van der Waals surface area contributed by atoms with Gasteiger partial charge in [-0.3, -0.25) is 0 Å². The van der Waals surface area contributed by atoms with Gasteiger partial charge in [0.15, 0.2) is 5.82 Å². The highest BCUT2D eigenvalue weighted by atomic mass is 19.1. The van der Waals surface area contributed by atoms with Gasteiger partial charge in [0.05, 0.1) is 11.3 Å². The molecule has 0 amide bonds. The van der Waals surface area contributed by atoms with E-state index in [1.54, 1.807) is 13.1 Å². The molecule has 0 atom stereocenters. The molecule has 0 aliphatic carbocycles. The molecular weight excluding hydrogens is 224 g/mol. The van der Waals surface area contributed by atoms with Crippen molar-refractivity contribution in [2.24, 2.45) is 0 Å². The molecule has 0 spiro atoms. The zero-order chi connectivity index (χ0) is 12.4. The quantitative estimate of drug-likeness (QED) is 0.782. The molecule has 0 saturated heterocycles. The summed E-state index contributed by atoms with van der Waals surface area (Å²) in [6.07, 6.45) is 0. The van der Waals surface area contributed by atoms with Crippen molar-refractivity contribution in [3.05, 3.63) is 48.0 Å². The van der Waals surface area contributed by atoms with Crippen molar-refractivity contribution in [3.8, 4) is 16.9 Å². The van der Waals surface area contributed by atoms with Crippen molar-refractivity contribution < 1.29 is 13.9 Å². The predicted molar refractivity (Wildman–Crippen MR) is 63.0 cm³/mol. The molecule has 2 rings (SSSR count). The van der Waals surface area contributed by atoms with Crippen molar-refractivity contribution in [1.29, 1.82) is 0 Å². The molecule has 4 heteroatoms. The van der Waals surface area contributed by atoms with E-state index < -0.39 is 11.6 Å². The van der Waals surface area contributed by atoms with E-state index >= 15 is 0 Å². The molecule has 0 bridgehead atoms. The van der Waals surface area contributed by atoms with Gasteiger partial charge in [-0.15, -0.1) is 0 Å². The highest BCUT2D eigenvalue weighted by Gasteiger charge is 2.16. The van der Waals surface area contributed by atoms with E-state index in [9.17, 15) is 13.9 Å². The van der Waals surface area contributed by atoms with Crippen LogP contribution < -0.4 is 5.32 Å². The molecule has 0 unspecified atom stereocenters. The fraction of sp³-hybridized carbons (Fsp3) is 0.0769. The third kappa shape index (κ3) is 1.93. The fourth-order valence-electron chi connectivity index (χ4n) is 1.68. The van der Waals surface area contributed by atoms with Gasteiger partial charge in [0.1, 0.15) is 11.6 Å². The van der Waals surface area contributed by atoms with Crippen LogP contribution in [0.3, 0.4) is 0 Å². The second-order valence-electron chi connectivity index (χ2n) is 3.55. The third-order valence-electron chi connectivity index (χ3n) is 2.53. The van der Waals surface area contributed by atoms with E-state index in [1.165, 1.54) is 30.3 Å². The molecule has 0 radical (unpaired) electrons. The number of benzene rings is 2.